The molecule has 0 spiro atoms. The van der Waals surface area contributed by atoms with E-state index in [4.69, 9.17) is 9.72 Å². The molecule has 1 aromatic carbocycles. The number of benzene rings is 1. The van der Waals surface area contributed by atoms with Crippen molar-refractivity contribution >= 4 is 56.4 Å². The standard InChI is InChI=1S/C23H20N2O4S3/c1-3-29-22(28)19-14(2)18-20(32-19)24-23(25(21(18)27)12-16-10-7-11-30-16)31-13-17(26)15-8-5-4-6-9-15/h4-11H,3,12-13H2,1-2H3. The molecule has 3 heterocycles. The van der Waals surface area contributed by atoms with E-state index in [0.717, 1.165) is 16.2 Å². The number of hydrogen-bond donors (Lipinski definition) is 0. The molecule has 4 rings (SSSR count). The van der Waals surface area contributed by atoms with Gasteiger partial charge in [-0.15, -0.1) is 22.7 Å². The van der Waals surface area contributed by atoms with Crippen molar-refractivity contribution < 1.29 is 14.3 Å². The molecule has 0 fully saturated rings. The Balaban J connectivity index is 1.76. The Kier molecular flexibility index (Phi) is 6.88. The highest BCUT2D eigenvalue weighted by atomic mass is 32.2. The zero-order valence-corrected chi connectivity index (χ0v) is 19.9. The van der Waals surface area contributed by atoms with Gasteiger partial charge in [-0.1, -0.05) is 48.2 Å². The van der Waals surface area contributed by atoms with Gasteiger partial charge in [0.25, 0.3) is 5.56 Å². The number of thiophene rings is 2. The van der Waals surface area contributed by atoms with Crippen molar-refractivity contribution in [1.82, 2.24) is 9.55 Å². The summed E-state index contributed by atoms with van der Waals surface area (Å²) in [6.45, 7) is 4.09. The molecule has 0 aliphatic heterocycles. The largest absolute Gasteiger partial charge is 0.462 e. The number of ether oxygens (including phenoxy) is 1. The highest BCUT2D eigenvalue weighted by molar-refractivity contribution is 7.99. The molecule has 0 N–H and O–H groups in total. The van der Waals surface area contributed by atoms with E-state index in [1.807, 2.05) is 35.7 Å². The molecule has 32 heavy (non-hydrogen) atoms. The van der Waals surface area contributed by atoms with Crippen LogP contribution >= 0.6 is 34.4 Å². The third-order valence-electron chi connectivity index (χ3n) is 4.80. The summed E-state index contributed by atoms with van der Waals surface area (Å²) in [6, 6.07) is 12.9. The second-order valence-corrected chi connectivity index (χ2v) is 9.87. The minimum Gasteiger partial charge on any atom is -0.462 e. The molecule has 0 bridgehead atoms. The molecule has 0 aliphatic rings. The minimum atomic E-state index is -0.453. The molecule has 0 unspecified atom stereocenters. The average Bonchev–Trinajstić information content (AvgIpc) is 3.43. The van der Waals surface area contributed by atoms with Crippen molar-refractivity contribution in [3.8, 4) is 0 Å². The Bertz CT molecular complexity index is 1330. The van der Waals surface area contributed by atoms with Gasteiger partial charge in [-0.25, -0.2) is 9.78 Å². The van der Waals surface area contributed by atoms with E-state index in [1.54, 1.807) is 41.9 Å². The molecular formula is C23H20N2O4S3. The van der Waals surface area contributed by atoms with Crippen LogP contribution in [0.25, 0.3) is 10.2 Å². The SMILES string of the molecule is CCOC(=O)c1sc2nc(SCC(=O)c3ccccc3)n(Cc3cccs3)c(=O)c2c1C. The number of aromatic nitrogens is 2. The fourth-order valence-corrected chi connectivity index (χ4v) is 5.94. The van der Waals surface area contributed by atoms with Crippen LogP contribution in [0.5, 0.6) is 0 Å². The fraction of sp³-hybridized carbons (Fsp3) is 0.217. The van der Waals surface area contributed by atoms with E-state index >= 15 is 0 Å². The molecule has 0 saturated carbocycles. The van der Waals surface area contributed by atoms with Crippen molar-refractivity contribution in [2.75, 3.05) is 12.4 Å². The van der Waals surface area contributed by atoms with Crippen LogP contribution < -0.4 is 5.56 Å². The molecule has 164 valence electrons. The second-order valence-electron chi connectivity index (χ2n) is 6.90. The number of carbonyl (C=O) groups is 2. The molecule has 0 saturated heterocycles. The number of fused-ring (bicyclic) bond motifs is 1. The molecule has 0 atom stereocenters. The van der Waals surface area contributed by atoms with Crippen LogP contribution in [0.15, 0.2) is 57.8 Å². The number of Topliss-reactive ketones (excluding diaryl/α,β-unsaturated/α-hetero) is 1. The van der Waals surface area contributed by atoms with Crippen LogP contribution in [0, 0.1) is 6.92 Å². The summed E-state index contributed by atoms with van der Waals surface area (Å²) in [7, 11) is 0. The van der Waals surface area contributed by atoms with Gasteiger partial charge in [0, 0.05) is 10.4 Å². The lowest BCUT2D eigenvalue weighted by atomic mass is 10.2. The predicted molar refractivity (Wildman–Crippen MR) is 129 cm³/mol. The number of rotatable bonds is 8. The fourth-order valence-electron chi connectivity index (χ4n) is 3.23. The number of esters is 1. The highest BCUT2D eigenvalue weighted by Crippen LogP contribution is 2.30. The lowest BCUT2D eigenvalue weighted by Crippen LogP contribution is -2.24. The van der Waals surface area contributed by atoms with Gasteiger partial charge in [0.2, 0.25) is 0 Å². The highest BCUT2D eigenvalue weighted by Gasteiger charge is 2.23. The summed E-state index contributed by atoms with van der Waals surface area (Å²) in [5.41, 5.74) is 0.977. The maximum Gasteiger partial charge on any atom is 0.348 e. The van der Waals surface area contributed by atoms with Gasteiger partial charge < -0.3 is 4.74 Å². The van der Waals surface area contributed by atoms with Crippen molar-refractivity contribution in [2.24, 2.45) is 0 Å². The van der Waals surface area contributed by atoms with Gasteiger partial charge in [-0.3, -0.25) is 14.2 Å². The molecular weight excluding hydrogens is 464 g/mol. The van der Waals surface area contributed by atoms with E-state index < -0.39 is 5.97 Å². The number of hydrogen-bond acceptors (Lipinski definition) is 8. The van der Waals surface area contributed by atoms with Gasteiger partial charge in [0.1, 0.15) is 9.71 Å². The zero-order valence-electron chi connectivity index (χ0n) is 17.5. The maximum absolute atomic E-state index is 13.5. The molecule has 4 aromatic rings. The van der Waals surface area contributed by atoms with Crippen LogP contribution in [0.4, 0.5) is 0 Å². The van der Waals surface area contributed by atoms with E-state index in [0.29, 0.717) is 37.9 Å². The predicted octanol–water partition coefficient (Wildman–Crippen LogP) is 5.03. The number of ketones is 1. The third kappa shape index (κ3) is 4.55. The molecule has 3 aromatic heterocycles. The monoisotopic (exact) mass is 484 g/mol. The quantitative estimate of drug-likeness (QED) is 0.151. The summed E-state index contributed by atoms with van der Waals surface area (Å²) in [6.07, 6.45) is 0. The van der Waals surface area contributed by atoms with Gasteiger partial charge in [-0.2, -0.15) is 0 Å². The van der Waals surface area contributed by atoms with Gasteiger partial charge in [0.05, 0.1) is 24.3 Å². The van der Waals surface area contributed by atoms with E-state index in [2.05, 4.69) is 0 Å². The summed E-state index contributed by atoms with van der Waals surface area (Å²) in [5, 5.41) is 2.83. The molecule has 0 radical (unpaired) electrons. The van der Waals surface area contributed by atoms with Crippen molar-refractivity contribution in [1.29, 1.82) is 0 Å². The summed E-state index contributed by atoms with van der Waals surface area (Å²) >= 11 is 3.93. The summed E-state index contributed by atoms with van der Waals surface area (Å²) in [4.78, 5) is 45.0. The number of aryl methyl sites for hydroxylation is 1. The summed E-state index contributed by atoms with van der Waals surface area (Å²) in [5.74, 6) is -0.338. The molecule has 9 heteroatoms. The van der Waals surface area contributed by atoms with E-state index in [9.17, 15) is 14.4 Å². The Morgan fingerprint density at radius 2 is 1.94 bits per heavy atom. The maximum atomic E-state index is 13.5. The van der Waals surface area contributed by atoms with Crippen LogP contribution in [0.2, 0.25) is 0 Å². The Labute approximate surface area is 196 Å². The third-order valence-corrected chi connectivity index (χ3v) is 7.80. The molecule has 6 nitrogen and oxygen atoms in total. The van der Waals surface area contributed by atoms with Gasteiger partial charge >= 0.3 is 5.97 Å². The Morgan fingerprint density at radius 3 is 2.62 bits per heavy atom. The average molecular weight is 485 g/mol. The van der Waals surface area contributed by atoms with Crippen LogP contribution in [-0.2, 0) is 11.3 Å². The second kappa shape index (κ2) is 9.81. The molecule has 0 amide bonds. The first-order valence-corrected chi connectivity index (χ1v) is 12.6. The smallest absolute Gasteiger partial charge is 0.348 e. The Hall–Kier alpha value is -2.75. The zero-order chi connectivity index (χ0) is 22.7. The van der Waals surface area contributed by atoms with Gasteiger partial charge in [0.15, 0.2) is 10.9 Å². The van der Waals surface area contributed by atoms with E-state index in [-0.39, 0.29) is 23.7 Å². The van der Waals surface area contributed by atoms with E-state index in [1.165, 1.54) is 11.8 Å². The van der Waals surface area contributed by atoms with Crippen molar-refractivity contribution in [3.63, 3.8) is 0 Å². The lowest BCUT2D eigenvalue weighted by molar-refractivity contribution is 0.0531. The first-order valence-electron chi connectivity index (χ1n) is 9.94. The first kappa shape index (κ1) is 22.4. The summed E-state index contributed by atoms with van der Waals surface area (Å²) < 4.78 is 6.73. The normalized spacial score (nSPS) is 11.1. The van der Waals surface area contributed by atoms with Crippen LogP contribution in [-0.4, -0.2) is 33.7 Å². The minimum absolute atomic E-state index is 0.0396. The lowest BCUT2D eigenvalue weighted by Gasteiger charge is -2.11. The van der Waals surface area contributed by atoms with Crippen molar-refractivity contribution in [2.45, 2.75) is 25.5 Å². The number of thioether (sulfide) groups is 1. The number of nitrogens with zero attached hydrogens (tertiary/aromatic N) is 2. The number of carbonyl (C=O) groups excluding carboxylic acids is 2. The molecule has 0 aliphatic carbocycles. The van der Waals surface area contributed by atoms with Gasteiger partial charge in [-0.05, 0) is 30.9 Å². The van der Waals surface area contributed by atoms with Crippen LogP contribution in [0.1, 0.15) is 37.4 Å². The Morgan fingerprint density at radius 1 is 1.16 bits per heavy atom. The first-order chi connectivity index (χ1) is 15.5. The topological polar surface area (TPSA) is 78.3 Å². The van der Waals surface area contributed by atoms with Crippen molar-refractivity contribution in [3.05, 3.63) is 79.1 Å². The van der Waals surface area contributed by atoms with Crippen LogP contribution in [0.3, 0.4) is 0 Å².